The van der Waals surface area contributed by atoms with Crippen molar-refractivity contribution in [2.24, 2.45) is 5.92 Å². The van der Waals surface area contributed by atoms with Crippen LogP contribution >= 0.6 is 0 Å². The van der Waals surface area contributed by atoms with Gasteiger partial charge in [-0.1, -0.05) is 35.9 Å². The summed E-state index contributed by atoms with van der Waals surface area (Å²) in [6, 6.07) is 8.30. The van der Waals surface area contributed by atoms with E-state index in [1.807, 2.05) is 12.1 Å². The minimum Gasteiger partial charge on any atom is -0.465 e. The molecule has 0 amide bonds. The maximum Gasteiger partial charge on any atom is 0.313 e. The van der Waals surface area contributed by atoms with E-state index in [9.17, 15) is 4.79 Å². The molecule has 2 nitrogen and oxygen atoms in total. The van der Waals surface area contributed by atoms with Gasteiger partial charge in [0, 0.05) is 0 Å². The second kappa shape index (κ2) is 3.23. The Labute approximate surface area is 88.6 Å². The third-order valence-corrected chi connectivity index (χ3v) is 3.17. The lowest BCUT2D eigenvalue weighted by Gasteiger charge is -2.05. The molecule has 1 aliphatic heterocycles. The summed E-state index contributed by atoms with van der Waals surface area (Å²) in [7, 11) is 0. The highest BCUT2D eigenvalue weighted by atomic mass is 16.5. The van der Waals surface area contributed by atoms with Crippen LogP contribution in [-0.2, 0) is 16.0 Å². The lowest BCUT2D eigenvalue weighted by molar-refractivity contribution is -0.140. The SMILES string of the molecule is O=C1OCCC1C1=Cc2ccccc2C1. The van der Waals surface area contributed by atoms with Gasteiger partial charge in [-0.3, -0.25) is 4.79 Å². The Morgan fingerprint density at radius 3 is 2.87 bits per heavy atom. The molecule has 0 N–H and O–H groups in total. The summed E-state index contributed by atoms with van der Waals surface area (Å²) >= 11 is 0. The molecule has 1 unspecified atom stereocenters. The van der Waals surface area contributed by atoms with Gasteiger partial charge in [-0.25, -0.2) is 0 Å². The van der Waals surface area contributed by atoms with Gasteiger partial charge in [-0.2, -0.15) is 0 Å². The van der Waals surface area contributed by atoms with Crippen LogP contribution < -0.4 is 0 Å². The molecule has 1 heterocycles. The molecular formula is C13H12O2. The Kier molecular flexibility index (Phi) is 1.88. The lowest BCUT2D eigenvalue weighted by Crippen LogP contribution is -2.10. The number of cyclic esters (lactones) is 1. The fraction of sp³-hybridized carbons (Fsp3) is 0.308. The van der Waals surface area contributed by atoms with Gasteiger partial charge in [0.15, 0.2) is 0 Å². The molecule has 1 fully saturated rings. The van der Waals surface area contributed by atoms with Crippen molar-refractivity contribution in [2.75, 3.05) is 6.61 Å². The maximum atomic E-state index is 11.4. The third kappa shape index (κ3) is 1.37. The van der Waals surface area contributed by atoms with Crippen LogP contribution in [0.2, 0.25) is 0 Å². The zero-order chi connectivity index (χ0) is 10.3. The number of esters is 1. The van der Waals surface area contributed by atoms with Crippen molar-refractivity contribution in [3.8, 4) is 0 Å². The van der Waals surface area contributed by atoms with Gasteiger partial charge in [-0.15, -0.1) is 0 Å². The van der Waals surface area contributed by atoms with Crippen molar-refractivity contribution in [3.63, 3.8) is 0 Å². The maximum absolute atomic E-state index is 11.4. The second-order valence-electron chi connectivity index (χ2n) is 4.10. The van der Waals surface area contributed by atoms with Crippen LogP contribution in [0.5, 0.6) is 0 Å². The first-order valence-electron chi connectivity index (χ1n) is 5.29. The van der Waals surface area contributed by atoms with Crippen molar-refractivity contribution < 1.29 is 9.53 Å². The number of ether oxygens (including phenoxy) is 1. The van der Waals surface area contributed by atoms with E-state index in [0.29, 0.717) is 6.61 Å². The van der Waals surface area contributed by atoms with E-state index < -0.39 is 0 Å². The Balaban J connectivity index is 1.91. The molecule has 0 spiro atoms. The summed E-state index contributed by atoms with van der Waals surface area (Å²) in [5.74, 6) is -0.0357. The highest BCUT2D eigenvalue weighted by Crippen LogP contribution is 2.33. The van der Waals surface area contributed by atoms with E-state index >= 15 is 0 Å². The van der Waals surface area contributed by atoms with Crippen molar-refractivity contribution in [3.05, 3.63) is 41.0 Å². The number of benzene rings is 1. The van der Waals surface area contributed by atoms with Gasteiger partial charge in [0.05, 0.1) is 12.5 Å². The Morgan fingerprint density at radius 2 is 2.13 bits per heavy atom. The largest absolute Gasteiger partial charge is 0.465 e. The molecule has 2 heteroatoms. The summed E-state index contributed by atoms with van der Waals surface area (Å²) in [6.07, 6.45) is 3.90. The lowest BCUT2D eigenvalue weighted by atomic mass is 9.96. The number of fused-ring (bicyclic) bond motifs is 1. The van der Waals surface area contributed by atoms with Gasteiger partial charge in [-0.05, 0) is 24.0 Å². The van der Waals surface area contributed by atoms with Gasteiger partial charge in [0.2, 0.25) is 0 Å². The summed E-state index contributed by atoms with van der Waals surface area (Å²) in [5.41, 5.74) is 3.80. The molecule has 1 aromatic rings. The fourth-order valence-corrected chi connectivity index (χ4v) is 2.36. The molecule has 1 aromatic carbocycles. The van der Waals surface area contributed by atoms with Crippen molar-refractivity contribution in [2.45, 2.75) is 12.8 Å². The Morgan fingerprint density at radius 1 is 1.27 bits per heavy atom. The first-order chi connectivity index (χ1) is 7.34. The zero-order valence-electron chi connectivity index (χ0n) is 8.40. The van der Waals surface area contributed by atoms with Crippen LogP contribution in [0.15, 0.2) is 29.8 Å². The number of hydrogen-bond acceptors (Lipinski definition) is 2. The first kappa shape index (κ1) is 8.72. The van der Waals surface area contributed by atoms with Crippen molar-refractivity contribution in [1.82, 2.24) is 0 Å². The fourth-order valence-electron chi connectivity index (χ4n) is 2.36. The van der Waals surface area contributed by atoms with Crippen molar-refractivity contribution >= 4 is 12.0 Å². The molecule has 0 saturated carbocycles. The Hall–Kier alpha value is -1.57. The van der Waals surface area contributed by atoms with E-state index in [1.165, 1.54) is 16.7 Å². The molecule has 2 aliphatic rings. The van der Waals surface area contributed by atoms with Crippen LogP contribution in [0, 0.1) is 5.92 Å². The summed E-state index contributed by atoms with van der Waals surface area (Å²) in [4.78, 5) is 11.4. The van der Waals surface area contributed by atoms with Gasteiger partial charge in [0.1, 0.15) is 0 Å². The highest BCUT2D eigenvalue weighted by molar-refractivity contribution is 5.81. The smallest absolute Gasteiger partial charge is 0.313 e. The highest BCUT2D eigenvalue weighted by Gasteiger charge is 2.31. The summed E-state index contributed by atoms with van der Waals surface area (Å²) < 4.78 is 5.00. The minimum atomic E-state index is -0.0472. The van der Waals surface area contributed by atoms with Crippen LogP contribution in [-0.4, -0.2) is 12.6 Å². The summed E-state index contributed by atoms with van der Waals surface area (Å²) in [6.45, 7) is 0.581. The van der Waals surface area contributed by atoms with Crippen molar-refractivity contribution in [1.29, 1.82) is 0 Å². The molecular weight excluding hydrogens is 188 g/mol. The molecule has 1 atom stereocenters. The standard InChI is InChI=1S/C13H12O2/c14-13-12(5-6-15-13)11-7-9-3-1-2-4-10(9)8-11/h1-4,7,12H,5-6,8H2. The first-order valence-corrected chi connectivity index (χ1v) is 5.29. The molecule has 1 saturated heterocycles. The molecule has 0 aromatic heterocycles. The van der Waals surface area contributed by atoms with Gasteiger partial charge < -0.3 is 4.74 Å². The number of carbonyl (C=O) groups excluding carboxylic acids is 1. The molecule has 15 heavy (non-hydrogen) atoms. The van der Waals surface area contributed by atoms with E-state index in [2.05, 4.69) is 18.2 Å². The Bertz CT molecular complexity index is 446. The van der Waals surface area contributed by atoms with Crippen LogP contribution in [0.4, 0.5) is 0 Å². The van der Waals surface area contributed by atoms with Gasteiger partial charge >= 0.3 is 5.97 Å². The molecule has 0 radical (unpaired) electrons. The van der Waals surface area contributed by atoms with E-state index in [-0.39, 0.29) is 11.9 Å². The predicted octanol–water partition coefficient (Wildman–Crippen LogP) is 2.19. The number of hydrogen-bond donors (Lipinski definition) is 0. The summed E-state index contributed by atoms with van der Waals surface area (Å²) in [5, 5.41) is 0. The quantitative estimate of drug-likeness (QED) is 0.649. The van der Waals surface area contributed by atoms with E-state index in [1.54, 1.807) is 0 Å². The van der Waals surface area contributed by atoms with Crippen LogP contribution in [0.1, 0.15) is 17.5 Å². The second-order valence-corrected chi connectivity index (χ2v) is 4.10. The van der Waals surface area contributed by atoms with Gasteiger partial charge in [0.25, 0.3) is 0 Å². The van der Waals surface area contributed by atoms with Crippen LogP contribution in [0.3, 0.4) is 0 Å². The minimum absolute atomic E-state index is 0.0115. The number of rotatable bonds is 1. The zero-order valence-corrected chi connectivity index (χ0v) is 8.40. The molecule has 76 valence electrons. The topological polar surface area (TPSA) is 26.3 Å². The van der Waals surface area contributed by atoms with E-state index in [4.69, 9.17) is 4.74 Å². The molecule has 1 aliphatic carbocycles. The van der Waals surface area contributed by atoms with Crippen LogP contribution in [0.25, 0.3) is 6.08 Å². The average molecular weight is 200 g/mol. The average Bonchev–Trinajstić information content (AvgIpc) is 2.82. The molecule has 3 rings (SSSR count). The predicted molar refractivity (Wildman–Crippen MR) is 57.2 cm³/mol. The molecule has 0 bridgehead atoms. The number of carbonyl (C=O) groups is 1. The normalized spacial score (nSPS) is 23.6. The monoisotopic (exact) mass is 200 g/mol. The van der Waals surface area contributed by atoms with E-state index in [0.717, 1.165) is 12.8 Å². The third-order valence-electron chi connectivity index (χ3n) is 3.17.